The summed E-state index contributed by atoms with van der Waals surface area (Å²) < 4.78 is 21.4. The van der Waals surface area contributed by atoms with Crippen molar-refractivity contribution in [1.29, 1.82) is 0 Å². The van der Waals surface area contributed by atoms with Crippen LogP contribution in [-0.2, 0) is 13.8 Å². The van der Waals surface area contributed by atoms with E-state index in [4.69, 9.17) is 25.4 Å². The predicted octanol–water partition coefficient (Wildman–Crippen LogP) is -2.45. The van der Waals surface area contributed by atoms with Crippen LogP contribution in [0.2, 0.25) is 0 Å². The largest absolute Gasteiger partial charge is 0.470 e. The first-order chi connectivity index (χ1) is 9.73. The van der Waals surface area contributed by atoms with Gasteiger partial charge in [0.05, 0.1) is 6.61 Å². The molecule has 0 aromatic carbocycles. The highest BCUT2D eigenvalue weighted by Crippen LogP contribution is 2.43. The third kappa shape index (κ3) is 3.47. The number of aliphatic hydroxyl groups is 2. The molecule has 1 aliphatic heterocycles. The number of hydrogen-bond acceptors (Lipinski definition) is 8. The first-order valence-corrected chi connectivity index (χ1v) is 7.29. The Morgan fingerprint density at radius 3 is 2.71 bits per heavy atom. The van der Waals surface area contributed by atoms with Crippen LogP contribution in [0.1, 0.15) is 6.23 Å². The first-order valence-electron chi connectivity index (χ1n) is 5.76. The van der Waals surface area contributed by atoms with Crippen LogP contribution in [-0.4, -0.2) is 54.5 Å². The number of nitrogens with two attached hydrogens (primary N) is 1. The molecule has 0 amide bonds. The van der Waals surface area contributed by atoms with Crippen LogP contribution in [0.4, 0.5) is 5.82 Å². The van der Waals surface area contributed by atoms with Gasteiger partial charge < -0.3 is 30.5 Å². The van der Waals surface area contributed by atoms with E-state index in [9.17, 15) is 14.5 Å². The summed E-state index contributed by atoms with van der Waals surface area (Å²) in [5.41, 5.74) is 4.50. The summed E-state index contributed by atoms with van der Waals surface area (Å²) in [6, 6.07) is 1.28. The molecule has 1 fully saturated rings. The molecule has 0 spiro atoms. The number of anilines is 1. The van der Waals surface area contributed by atoms with Gasteiger partial charge in [-0.25, -0.2) is 9.36 Å². The molecule has 1 aromatic heterocycles. The predicted molar refractivity (Wildman–Crippen MR) is 66.8 cm³/mol. The molecule has 1 aromatic rings. The van der Waals surface area contributed by atoms with Crippen LogP contribution in [0.5, 0.6) is 0 Å². The van der Waals surface area contributed by atoms with Gasteiger partial charge in [0.2, 0.25) is 0 Å². The molecule has 118 valence electrons. The number of rotatable bonds is 4. The molecule has 0 bridgehead atoms. The van der Waals surface area contributed by atoms with Crippen molar-refractivity contribution in [3.63, 3.8) is 0 Å². The summed E-state index contributed by atoms with van der Waals surface area (Å²) in [7, 11) is -4.91. The van der Waals surface area contributed by atoms with Gasteiger partial charge in [-0.05, 0) is 6.07 Å². The zero-order valence-electron chi connectivity index (χ0n) is 10.5. The van der Waals surface area contributed by atoms with E-state index in [1.54, 1.807) is 0 Å². The summed E-state index contributed by atoms with van der Waals surface area (Å²) >= 11 is 0. The van der Waals surface area contributed by atoms with Crippen molar-refractivity contribution >= 4 is 13.6 Å². The van der Waals surface area contributed by atoms with Gasteiger partial charge in [0.1, 0.15) is 24.1 Å². The van der Waals surface area contributed by atoms with E-state index < -0.39 is 44.7 Å². The normalized spacial score (nSPS) is 29.7. The lowest BCUT2D eigenvalue weighted by Crippen LogP contribution is -2.37. The Morgan fingerprint density at radius 1 is 1.52 bits per heavy atom. The molecule has 4 atom stereocenters. The number of phosphoric acid groups is 1. The van der Waals surface area contributed by atoms with E-state index in [1.807, 2.05) is 0 Å². The number of nitrogen functional groups attached to an aromatic ring is 1. The zero-order chi connectivity index (χ0) is 15.8. The minimum Gasteiger partial charge on any atom is -0.394 e. The van der Waals surface area contributed by atoms with E-state index >= 15 is 0 Å². The van der Waals surface area contributed by atoms with Gasteiger partial charge >= 0.3 is 13.5 Å². The van der Waals surface area contributed by atoms with Crippen LogP contribution < -0.4 is 11.4 Å². The molecule has 0 radical (unpaired) electrons. The molecule has 21 heavy (non-hydrogen) atoms. The summed E-state index contributed by atoms with van der Waals surface area (Å²) in [4.78, 5) is 32.7. The zero-order valence-corrected chi connectivity index (χ0v) is 11.4. The van der Waals surface area contributed by atoms with Crippen molar-refractivity contribution in [2.75, 3.05) is 12.3 Å². The summed E-state index contributed by atoms with van der Waals surface area (Å²) in [5, 5.41) is 19.2. The Bertz CT molecular complexity index is 615. The highest BCUT2D eigenvalue weighted by atomic mass is 31.2. The number of hydrogen-bond donors (Lipinski definition) is 5. The van der Waals surface area contributed by atoms with Crippen LogP contribution in [0, 0.1) is 0 Å². The molecular weight excluding hydrogens is 309 g/mol. The molecule has 11 nitrogen and oxygen atoms in total. The van der Waals surface area contributed by atoms with E-state index in [-0.39, 0.29) is 5.82 Å². The average molecular weight is 323 g/mol. The van der Waals surface area contributed by atoms with E-state index in [1.165, 1.54) is 12.3 Å². The Balaban J connectivity index is 2.31. The summed E-state index contributed by atoms with van der Waals surface area (Å²) in [5.74, 6) is -0.0366. The van der Waals surface area contributed by atoms with Crippen LogP contribution in [0.25, 0.3) is 0 Å². The third-order valence-corrected chi connectivity index (χ3v) is 3.39. The van der Waals surface area contributed by atoms with Crippen LogP contribution >= 0.6 is 7.82 Å². The van der Waals surface area contributed by atoms with Crippen molar-refractivity contribution in [3.8, 4) is 0 Å². The van der Waals surface area contributed by atoms with Crippen molar-refractivity contribution in [2.24, 2.45) is 0 Å². The van der Waals surface area contributed by atoms with E-state index in [2.05, 4.69) is 9.51 Å². The lowest BCUT2D eigenvalue weighted by molar-refractivity contribution is -0.0548. The van der Waals surface area contributed by atoms with Gasteiger partial charge in [0.15, 0.2) is 6.23 Å². The van der Waals surface area contributed by atoms with Gasteiger partial charge in [-0.2, -0.15) is 4.98 Å². The lowest BCUT2D eigenvalue weighted by Gasteiger charge is -2.20. The minimum atomic E-state index is -4.91. The van der Waals surface area contributed by atoms with Crippen molar-refractivity contribution < 1.29 is 33.8 Å². The summed E-state index contributed by atoms with van der Waals surface area (Å²) in [6.45, 7) is -0.671. The van der Waals surface area contributed by atoms with Gasteiger partial charge in [-0.15, -0.1) is 0 Å². The fraction of sp³-hybridized carbons (Fsp3) is 0.556. The molecule has 0 unspecified atom stereocenters. The fourth-order valence-electron chi connectivity index (χ4n) is 2.00. The Labute approximate surface area is 117 Å². The molecule has 12 heteroatoms. The maximum Gasteiger partial charge on any atom is 0.470 e. The van der Waals surface area contributed by atoms with Gasteiger partial charge in [0, 0.05) is 6.20 Å². The highest BCUT2D eigenvalue weighted by Gasteiger charge is 2.48. The number of aliphatic hydroxyl groups excluding tert-OH is 2. The maximum atomic E-state index is 11.7. The van der Waals surface area contributed by atoms with Gasteiger partial charge in [-0.3, -0.25) is 9.09 Å². The smallest absolute Gasteiger partial charge is 0.394 e. The molecule has 2 heterocycles. The number of ether oxygens (including phenoxy) is 1. The standard InChI is InChI=1S/C9H14N3O8P/c10-5-1-2-12(9(15)11-5)8-6(14)7(4(3-13)19-8)20-21(16,17)18/h1-2,4,6-8,13-14H,3H2,(H2,10,11,15)(H2,16,17,18)/t4-,6-,7+,8+/m0/s1. The second-order valence-electron chi connectivity index (χ2n) is 4.34. The van der Waals surface area contributed by atoms with Crippen LogP contribution in [0.15, 0.2) is 17.1 Å². The second kappa shape index (κ2) is 5.81. The Hall–Kier alpha value is -1.33. The third-order valence-electron chi connectivity index (χ3n) is 2.87. The van der Waals surface area contributed by atoms with Crippen molar-refractivity contribution in [3.05, 3.63) is 22.7 Å². The first kappa shape index (κ1) is 16.0. The highest BCUT2D eigenvalue weighted by molar-refractivity contribution is 7.46. The molecule has 1 aliphatic rings. The summed E-state index contributed by atoms with van der Waals surface area (Å²) in [6.07, 6.45) is -4.45. The van der Waals surface area contributed by atoms with Crippen molar-refractivity contribution in [1.82, 2.24) is 9.55 Å². The number of nitrogens with zero attached hydrogens (tertiary/aromatic N) is 2. The Kier molecular flexibility index (Phi) is 4.44. The molecular formula is C9H14N3O8P. The van der Waals surface area contributed by atoms with Gasteiger partial charge in [-0.1, -0.05) is 0 Å². The van der Waals surface area contributed by atoms with E-state index in [0.29, 0.717) is 0 Å². The quantitative estimate of drug-likeness (QED) is 0.374. The second-order valence-corrected chi connectivity index (χ2v) is 5.53. The SMILES string of the molecule is Nc1ccn([C@@H]2O[C@@H](CO)[C@@H](OP(=O)(O)O)[C@@H]2O)c(=O)n1. The molecule has 0 saturated carbocycles. The minimum absolute atomic E-state index is 0.0366. The topological polar surface area (TPSA) is 177 Å². The molecule has 0 aliphatic carbocycles. The monoisotopic (exact) mass is 323 g/mol. The number of phosphoric ester groups is 1. The lowest BCUT2D eigenvalue weighted by atomic mass is 10.1. The number of aromatic nitrogens is 2. The molecule has 1 saturated heterocycles. The molecule has 6 N–H and O–H groups in total. The van der Waals surface area contributed by atoms with Crippen molar-refractivity contribution in [2.45, 2.75) is 24.5 Å². The fourth-order valence-corrected chi connectivity index (χ4v) is 2.58. The average Bonchev–Trinajstić information content (AvgIpc) is 2.65. The maximum absolute atomic E-state index is 11.7. The van der Waals surface area contributed by atoms with Gasteiger partial charge in [0.25, 0.3) is 0 Å². The van der Waals surface area contributed by atoms with Crippen LogP contribution in [0.3, 0.4) is 0 Å². The van der Waals surface area contributed by atoms with E-state index in [0.717, 1.165) is 4.57 Å². The molecule has 2 rings (SSSR count). The Morgan fingerprint density at radius 2 is 2.19 bits per heavy atom.